The zero-order valence-corrected chi connectivity index (χ0v) is 8.82. The first kappa shape index (κ1) is 9.92. The van der Waals surface area contributed by atoms with Gasteiger partial charge in [0.15, 0.2) is 9.84 Å². The van der Waals surface area contributed by atoms with Crippen molar-refractivity contribution in [3.63, 3.8) is 0 Å². The van der Waals surface area contributed by atoms with Gasteiger partial charge in [0.25, 0.3) is 0 Å². The molecule has 15 heavy (non-hydrogen) atoms. The van der Waals surface area contributed by atoms with Gasteiger partial charge in [0.1, 0.15) is 5.75 Å². The quantitative estimate of drug-likeness (QED) is 0.792. The Balaban J connectivity index is 2.92. The molecule has 0 bridgehead atoms. The third-order valence-electron chi connectivity index (χ3n) is 2.07. The summed E-state index contributed by atoms with van der Waals surface area (Å²) in [5, 5.41) is 9.71. The maximum Gasteiger partial charge on any atom is 0.176 e. The van der Waals surface area contributed by atoms with Gasteiger partial charge in [-0.1, -0.05) is 6.07 Å². The van der Waals surface area contributed by atoms with Crippen molar-refractivity contribution in [2.24, 2.45) is 0 Å². The zero-order valence-electron chi connectivity index (χ0n) is 8.01. The van der Waals surface area contributed by atoms with Gasteiger partial charge in [0, 0.05) is 11.6 Å². The Morgan fingerprint density at radius 1 is 1.33 bits per heavy atom. The Bertz CT molecular complexity index is 620. The van der Waals surface area contributed by atoms with Crippen LogP contribution in [0.15, 0.2) is 35.4 Å². The highest BCUT2D eigenvalue weighted by molar-refractivity contribution is 7.91. The van der Waals surface area contributed by atoms with Crippen LogP contribution < -0.4 is 0 Å². The number of benzene rings is 1. The second-order valence-corrected chi connectivity index (χ2v) is 5.27. The molecule has 0 saturated heterocycles. The van der Waals surface area contributed by atoms with Crippen LogP contribution in [0.5, 0.6) is 5.75 Å². The van der Waals surface area contributed by atoms with E-state index in [9.17, 15) is 13.5 Å². The minimum absolute atomic E-state index is 0.0430. The highest BCUT2D eigenvalue weighted by atomic mass is 32.2. The summed E-state index contributed by atoms with van der Waals surface area (Å²) in [5.74, 6) is -0.0430. The van der Waals surface area contributed by atoms with Crippen LogP contribution in [0.2, 0.25) is 0 Å². The summed E-state index contributed by atoms with van der Waals surface area (Å²) in [4.78, 5) is 4.12. The molecule has 0 atom stereocenters. The maximum atomic E-state index is 11.4. The number of rotatable bonds is 1. The van der Waals surface area contributed by atoms with Crippen molar-refractivity contribution in [2.45, 2.75) is 4.90 Å². The van der Waals surface area contributed by atoms with Crippen LogP contribution in [0, 0.1) is 0 Å². The van der Waals surface area contributed by atoms with Crippen LogP contribution in [-0.4, -0.2) is 24.8 Å². The van der Waals surface area contributed by atoms with E-state index in [-0.39, 0.29) is 10.6 Å². The number of hydrogen-bond donors (Lipinski definition) is 1. The van der Waals surface area contributed by atoms with Gasteiger partial charge in [-0.25, -0.2) is 8.42 Å². The van der Waals surface area contributed by atoms with E-state index in [1.165, 1.54) is 18.3 Å². The molecule has 4 nitrogen and oxygen atoms in total. The van der Waals surface area contributed by atoms with Crippen LogP contribution in [-0.2, 0) is 9.84 Å². The van der Waals surface area contributed by atoms with Crippen molar-refractivity contribution >= 4 is 20.7 Å². The second kappa shape index (κ2) is 3.20. The molecular weight excluding hydrogens is 214 g/mol. The summed E-state index contributed by atoms with van der Waals surface area (Å²) in [5.41, 5.74) is 0.552. The summed E-state index contributed by atoms with van der Waals surface area (Å²) in [7, 11) is -3.30. The minimum Gasteiger partial charge on any atom is -0.506 e. The van der Waals surface area contributed by atoms with Gasteiger partial charge >= 0.3 is 0 Å². The summed E-state index contributed by atoms with van der Waals surface area (Å²) >= 11 is 0. The average Bonchev–Trinajstić information content (AvgIpc) is 2.15. The fourth-order valence-electron chi connectivity index (χ4n) is 1.43. The summed E-state index contributed by atoms with van der Waals surface area (Å²) in [6.45, 7) is 0. The van der Waals surface area contributed by atoms with Crippen molar-refractivity contribution in [1.82, 2.24) is 4.98 Å². The number of nitrogens with zero attached hydrogens (tertiary/aromatic N) is 1. The van der Waals surface area contributed by atoms with Crippen LogP contribution in [0.1, 0.15) is 0 Å². The van der Waals surface area contributed by atoms with E-state index >= 15 is 0 Å². The number of pyridine rings is 1. The van der Waals surface area contributed by atoms with Gasteiger partial charge in [-0.2, -0.15) is 0 Å². The fourth-order valence-corrected chi connectivity index (χ4v) is 2.32. The normalized spacial score (nSPS) is 11.8. The summed E-state index contributed by atoms with van der Waals surface area (Å²) in [6.07, 6.45) is 2.42. The van der Waals surface area contributed by atoms with E-state index < -0.39 is 9.84 Å². The molecular formula is C10H9NO3S. The molecule has 0 aliphatic rings. The first-order valence-corrected chi connectivity index (χ1v) is 6.15. The predicted octanol–water partition coefficient (Wildman–Crippen LogP) is 1.34. The molecule has 1 aromatic carbocycles. The molecule has 2 rings (SSSR count). The molecule has 0 fully saturated rings. The van der Waals surface area contributed by atoms with Crippen molar-refractivity contribution in [3.8, 4) is 5.75 Å². The number of fused-ring (bicyclic) bond motifs is 1. The highest BCUT2D eigenvalue weighted by Gasteiger charge is 2.12. The summed E-state index contributed by atoms with van der Waals surface area (Å²) < 4.78 is 22.9. The van der Waals surface area contributed by atoms with Crippen LogP contribution in [0.25, 0.3) is 10.9 Å². The highest BCUT2D eigenvalue weighted by Crippen LogP contribution is 2.24. The van der Waals surface area contributed by atoms with Crippen molar-refractivity contribution in [1.29, 1.82) is 0 Å². The maximum absolute atomic E-state index is 11.4. The number of aromatic nitrogens is 1. The first-order valence-electron chi connectivity index (χ1n) is 4.26. The third-order valence-corrected chi connectivity index (χ3v) is 3.23. The molecule has 1 N–H and O–H groups in total. The Morgan fingerprint density at radius 3 is 2.73 bits per heavy atom. The molecule has 1 aromatic heterocycles. The van der Waals surface area contributed by atoms with Crippen LogP contribution in [0.3, 0.4) is 0 Å². The number of hydrogen-bond acceptors (Lipinski definition) is 4. The molecule has 5 heteroatoms. The van der Waals surface area contributed by atoms with Crippen molar-refractivity contribution < 1.29 is 13.5 Å². The van der Waals surface area contributed by atoms with Crippen molar-refractivity contribution in [3.05, 3.63) is 30.5 Å². The Morgan fingerprint density at radius 2 is 2.07 bits per heavy atom. The minimum atomic E-state index is -3.30. The van der Waals surface area contributed by atoms with Gasteiger partial charge in [0.2, 0.25) is 0 Å². The molecule has 2 aromatic rings. The standard InChI is InChI=1S/C10H9NO3S/c1-15(13,14)10-4-2-3-9-8(10)5-7(12)6-11-9/h2-6,12H,1H3. The largest absolute Gasteiger partial charge is 0.506 e. The third kappa shape index (κ3) is 1.78. The SMILES string of the molecule is CS(=O)(=O)c1cccc2ncc(O)cc12. The smallest absolute Gasteiger partial charge is 0.176 e. The molecule has 0 unspecified atom stereocenters. The monoisotopic (exact) mass is 223 g/mol. The van der Waals surface area contributed by atoms with Crippen LogP contribution >= 0.6 is 0 Å². The topological polar surface area (TPSA) is 67.3 Å². The lowest BCUT2D eigenvalue weighted by atomic mass is 10.2. The van der Waals surface area contributed by atoms with Crippen molar-refractivity contribution in [2.75, 3.05) is 6.26 Å². The number of aromatic hydroxyl groups is 1. The Hall–Kier alpha value is -1.62. The second-order valence-electron chi connectivity index (χ2n) is 3.29. The van der Waals surface area contributed by atoms with Gasteiger partial charge < -0.3 is 5.11 Å². The van der Waals surface area contributed by atoms with Gasteiger partial charge in [-0.3, -0.25) is 4.98 Å². The lowest BCUT2D eigenvalue weighted by Crippen LogP contribution is -1.98. The zero-order chi connectivity index (χ0) is 11.1. The predicted molar refractivity (Wildman–Crippen MR) is 56.5 cm³/mol. The van der Waals surface area contributed by atoms with E-state index in [2.05, 4.69) is 4.98 Å². The van der Waals surface area contributed by atoms with E-state index in [1.54, 1.807) is 12.1 Å². The van der Waals surface area contributed by atoms with Gasteiger partial charge in [-0.05, 0) is 18.2 Å². The molecule has 1 heterocycles. The van der Waals surface area contributed by atoms with Gasteiger partial charge in [0.05, 0.1) is 16.6 Å². The molecule has 78 valence electrons. The average molecular weight is 223 g/mol. The fraction of sp³-hybridized carbons (Fsp3) is 0.100. The summed E-state index contributed by atoms with van der Waals surface area (Å²) in [6, 6.07) is 6.23. The molecule has 0 radical (unpaired) electrons. The molecule has 0 amide bonds. The molecule has 0 saturated carbocycles. The molecule has 0 aliphatic carbocycles. The first-order chi connectivity index (χ1) is 6.98. The van der Waals surface area contributed by atoms with E-state index in [0.29, 0.717) is 10.9 Å². The molecule has 0 aliphatic heterocycles. The van der Waals surface area contributed by atoms with E-state index in [1.807, 2.05) is 0 Å². The van der Waals surface area contributed by atoms with Crippen LogP contribution in [0.4, 0.5) is 0 Å². The lowest BCUT2D eigenvalue weighted by Gasteiger charge is -2.03. The lowest BCUT2D eigenvalue weighted by molar-refractivity contribution is 0.474. The molecule has 0 spiro atoms. The Labute approximate surface area is 87.1 Å². The number of sulfone groups is 1. The van der Waals surface area contributed by atoms with E-state index in [4.69, 9.17) is 0 Å². The van der Waals surface area contributed by atoms with E-state index in [0.717, 1.165) is 6.26 Å². The van der Waals surface area contributed by atoms with Gasteiger partial charge in [-0.15, -0.1) is 0 Å². The Kier molecular flexibility index (Phi) is 2.12.